The van der Waals surface area contributed by atoms with Gasteiger partial charge in [0.05, 0.1) is 0 Å². The first kappa shape index (κ1) is 12.5. The van der Waals surface area contributed by atoms with Gasteiger partial charge < -0.3 is 9.15 Å². The summed E-state index contributed by atoms with van der Waals surface area (Å²) in [7, 11) is 0. The largest absolute Gasteiger partial charge is 0.458 e. The fraction of sp³-hybridized carbons (Fsp3) is 0.600. The van der Waals surface area contributed by atoms with E-state index in [1.807, 2.05) is 0 Å². The summed E-state index contributed by atoms with van der Waals surface area (Å²) in [6.45, 7) is 3.37. The van der Waals surface area contributed by atoms with E-state index in [1.54, 1.807) is 13.8 Å². The summed E-state index contributed by atoms with van der Waals surface area (Å²) in [4.78, 5) is 23.5. The molecular formula is C15H18O4. The van der Waals surface area contributed by atoms with E-state index in [0.29, 0.717) is 22.8 Å². The number of ether oxygens (including phenoxy) is 1. The second kappa shape index (κ2) is 4.51. The normalized spacial score (nSPS) is 28.6. The van der Waals surface area contributed by atoms with Crippen molar-refractivity contribution in [1.29, 1.82) is 0 Å². The van der Waals surface area contributed by atoms with Gasteiger partial charge in [-0.2, -0.15) is 0 Å². The number of carbonyl (C=O) groups is 1. The van der Waals surface area contributed by atoms with Crippen LogP contribution in [0.5, 0.6) is 0 Å². The monoisotopic (exact) mass is 262 g/mol. The standard InChI is InChI=1S/C15H18O4/c1-8-5-13(16)18-9(2)14(8)15(17)19-12-7-10-3-4-11(12)6-10/h5,10-12H,3-4,6-7H2,1-2H3/t10-,11-,12+/m0/s1. The molecule has 2 fully saturated rings. The second-order valence-electron chi connectivity index (χ2n) is 5.80. The highest BCUT2D eigenvalue weighted by atomic mass is 16.5. The fourth-order valence-electron chi connectivity index (χ4n) is 3.59. The summed E-state index contributed by atoms with van der Waals surface area (Å²) in [6, 6.07) is 1.34. The number of fused-ring (bicyclic) bond motifs is 2. The quantitative estimate of drug-likeness (QED) is 0.769. The van der Waals surface area contributed by atoms with Crippen LogP contribution in [0.1, 0.15) is 47.4 Å². The Morgan fingerprint density at radius 3 is 2.68 bits per heavy atom. The van der Waals surface area contributed by atoms with Crippen molar-refractivity contribution >= 4 is 5.97 Å². The Labute approximate surface area is 111 Å². The Hall–Kier alpha value is -1.58. The smallest absolute Gasteiger partial charge is 0.342 e. The lowest BCUT2D eigenvalue weighted by atomic mass is 9.97. The highest BCUT2D eigenvalue weighted by Crippen LogP contribution is 2.46. The van der Waals surface area contributed by atoms with Crippen molar-refractivity contribution in [2.24, 2.45) is 11.8 Å². The van der Waals surface area contributed by atoms with Gasteiger partial charge in [0, 0.05) is 6.07 Å². The molecule has 0 aliphatic heterocycles. The summed E-state index contributed by atoms with van der Waals surface area (Å²) >= 11 is 0. The van der Waals surface area contributed by atoms with E-state index < -0.39 is 5.63 Å². The van der Waals surface area contributed by atoms with Crippen LogP contribution in [0.4, 0.5) is 0 Å². The van der Waals surface area contributed by atoms with Crippen LogP contribution in [0, 0.1) is 25.7 Å². The van der Waals surface area contributed by atoms with Gasteiger partial charge in [-0.15, -0.1) is 0 Å². The van der Waals surface area contributed by atoms with Crippen molar-refractivity contribution in [2.45, 2.75) is 45.6 Å². The lowest BCUT2D eigenvalue weighted by molar-refractivity contribution is 0.0153. The zero-order valence-corrected chi connectivity index (χ0v) is 11.3. The summed E-state index contributed by atoms with van der Waals surface area (Å²) in [5.74, 6) is 1.26. The molecule has 19 heavy (non-hydrogen) atoms. The zero-order valence-electron chi connectivity index (χ0n) is 11.3. The molecule has 3 rings (SSSR count). The van der Waals surface area contributed by atoms with E-state index in [-0.39, 0.29) is 12.1 Å². The summed E-state index contributed by atoms with van der Waals surface area (Å²) in [5.41, 5.74) is 0.607. The molecule has 2 saturated carbocycles. The zero-order chi connectivity index (χ0) is 13.6. The summed E-state index contributed by atoms with van der Waals surface area (Å²) in [6.07, 6.45) is 4.68. The highest BCUT2D eigenvalue weighted by Gasteiger charge is 2.42. The predicted octanol–water partition coefficient (Wildman–Crippen LogP) is 2.60. The maximum atomic E-state index is 12.2. The number of hydrogen-bond donors (Lipinski definition) is 0. The first-order chi connectivity index (χ1) is 9.04. The van der Waals surface area contributed by atoms with Crippen molar-refractivity contribution in [2.75, 3.05) is 0 Å². The minimum absolute atomic E-state index is 0.0528. The van der Waals surface area contributed by atoms with Gasteiger partial charge in [0.2, 0.25) is 0 Å². The van der Waals surface area contributed by atoms with Crippen LogP contribution in [-0.4, -0.2) is 12.1 Å². The van der Waals surface area contributed by atoms with E-state index in [1.165, 1.54) is 25.3 Å². The Morgan fingerprint density at radius 1 is 1.32 bits per heavy atom. The first-order valence-corrected chi connectivity index (χ1v) is 6.87. The molecule has 3 atom stereocenters. The van der Waals surface area contributed by atoms with Crippen molar-refractivity contribution < 1.29 is 13.9 Å². The molecule has 0 aromatic carbocycles. The van der Waals surface area contributed by atoms with E-state index in [0.717, 1.165) is 12.3 Å². The number of esters is 1. The molecular weight excluding hydrogens is 244 g/mol. The molecule has 1 aromatic heterocycles. The van der Waals surface area contributed by atoms with Crippen molar-refractivity contribution in [1.82, 2.24) is 0 Å². The number of hydrogen-bond acceptors (Lipinski definition) is 4. The average molecular weight is 262 g/mol. The number of aryl methyl sites for hydroxylation is 2. The van der Waals surface area contributed by atoms with Crippen LogP contribution in [0.3, 0.4) is 0 Å². The van der Waals surface area contributed by atoms with Crippen LogP contribution < -0.4 is 5.63 Å². The van der Waals surface area contributed by atoms with Crippen LogP contribution >= 0.6 is 0 Å². The molecule has 1 aromatic rings. The molecule has 0 amide bonds. The van der Waals surface area contributed by atoms with Gasteiger partial charge in [-0.3, -0.25) is 0 Å². The third-order valence-electron chi connectivity index (χ3n) is 4.47. The lowest BCUT2D eigenvalue weighted by Crippen LogP contribution is -2.25. The third kappa shape index (κ3) is 2.20. The molecule has 102 valence electrons. The molecule has 0 spiro atoms. The van der Waals surface area contributed by atoms with Gasteiger partial charge >= 0.3 is 11.6 Å². The maximum absolute atomic E-state index is 12.2. The molecule has 2 aliphatic carbocycles. The van der Waals surface area contributed by atoms with Crippen molar-refractivity contribution in [3.8, 4) is 0 Å². The van der Waals surface area contributed by atoms with Gasteiger partial charge in [0.25, 0.3) is 0 Å². The fourth-order valence-corrected chi connectivity index (χ4v) is 3.59. The minimum atomic E-state index is -0.425. The van der Waals surface area contributed by atoms with Gasteiger partial charge in [0.15, 0.2) is 0 Å². The van der Waals surface area contributed by atoms with Gasteiger partial charge in [0.1, 0.15) is 17.4 Å². The molecule has 0 unspecified atom stereocenters. The van der Waals surface area contributed by atoms with E-state index in [9.17, 15) is 9.59 Å². The first-order valence-electron chi connectivity index (χ1n) is 6.87. The number of rotatable bonds is 2. The average Bonchev–Trinajstić information content (AvgIpc) is 2.89. The molecule has 2 bridgehead atoms. The van der Waals surface area contributed by atoms with Gasteiger partial charge in [-0.05, 0) is 56.9 Å². The lowest BCUT2D eigenvalue weighted by Gasteiger charge is -2.22. The molecule has 4 heteroatoms. The molecule has 1 heterocycles. The van der Waals surface area contributed by atoms with Crippen molar-refractivity contribution in [3.05, 3.63) is 33.4 Å². The highest BCUT2D eigenvalue weighted by molar-refractivity contribution is 5.92. The number of carbonyl (C=O) groups excluding carboxylic acids is 1. The molecule has 0 radical (unpaired) electrons. The second-order valence-corrected chi connectivity index (χ2v) is 5.80. The predicted molar refractivity (Wildman–Crippen MR) is 69.1 cm³/mol. The third-order valence-corrected chi connectivity index (χ3v) is 4.47. The van der Waals surface area contributed by atoms with Crippen LogP contribution in [0.25, 0.3) is 0 Å². The summed E-state index contributed by atoms with van der Waals surface area (Å²) < 4.78 is 10.6. The Bertz CT molecular complexity index is 546. The Balaban J connectivity index is 1.79. The molecule has 0 saturated heterocycles. The SMILES string of the molecule is Cc1cc(=O)oc(C)c1C(=O)O[C@@H]1C[C@H]2CC[C@H]1C2. The van der Waals surface area contributed by atoms with E-state index in [2.05, 4.69) is 0 Å². The van der Waals surface area contributed by atoms with Gasteiger partial charge in [-0.25, -0.2) is 9.59 Å². The van der Waals surface area contributed by atoms with E-state index >= 15 is 0 Å². The van der Waals surface area contributed by atoms with Crippen LogP contribution in [-0.2, 0) is 4.74 Å². The molecule has 2 aliphatic rings. The van der Waals surface area contributed by atoms with Crippen LogP contribution in [0.2, 0.25) is 0 Å². The topological polar surface area (TPSA) is 56.5 Å². The minimum Gasteiger partial charge on any atom is -0.458 e. The van der Waals surface area contributed by atoms with Crippen LogP contribution in [0.15, 0.2) is 15.3 Å². The Morgan fingerprint density at radius 2 is 2.11 bits per heavy atom. The van der Waals surface area contributed by atoms with E-state index in [4.69, 9.17) is 9.15 Å². The molecule has 0 N–H and O–H groups in total. The molecule has 4 nitrogen and oxygen atoms in total. The maximum Gasteiger partial charge on any atom is 0.342 e. The summed E-state index contributed by atoms with van der Waals surface area (Å²) in [5, 5.41) is 0. The Kier molecular flexibility index (Phi) is 2.96. The van der Waals surface area contributed by atoms with Crippen molar-refractivity contribution in [3.63, 3.8) is 0 Å². The van der Waals surface area contributed by atoms with Gasteiger partial charge in [-0.1, -0.05) is 0 Å².